The third-order valence-corrected chi connectivity index (χ3v) is 3.73. The van der Waals surface area contributed by atoms with Crippen molar-refractivity contribution in [2.24, 2.45) is 10.9 Å². The molecule has 1 saturated carbocycles. The molecule has 16 heavy (non-hydrogen) atoms. The molecule has 0 unspecified atom stereocenters. The number of hydrogen-bond acceptors (Lipinski definition) is 4. The second-order valence-electron chi connectivity index (χ2n) is 4.89. The van der Waals surface area contributed by atoms with Crippen molar-refractivity contribution < 1.29 is 4.74 Å². The van der Waals surface area contributed by atoms with E-state index in [1.165, 1.54) is 25.7 Å². The molecule has 0 atom stereocenters. The second kappa shape index (κ2) is 5.53. The van der Waals surface area contributed by atoms with E-state index in [2.05, 4.69) is 22.3 Å². The lowest BCUT2D eigenvalue weighted by atomic mass is 9.87. The number of likely N-dealkylation sites (N-methyl/N-ethyl adjacent to an activating group) is 1. The standard InChI is InChI=1S/C12H23N3O/c1-15-8-7-13-12(15)14-9-10-3-5-11(16-2)6-4-10/h10-11H,3-9H2,1-2H3,(H,13,14). The molecule has 4 heteroatoms. The highest BCUT2D eigenvalue weighted by Gasteiger charge is 2.21. The Morgan fingerprint density at radius 2 is 2.12 bits per heavy atom. The van der Waals surface area contributed by atoms with E-state index < -0.39 is 0 Å². The van der Waals surface area contributed by atoms with Gasteiger partial charge in [0.05, 0.1) is 12.6 Å². The summed E-state index contributed by atoms with van der Waals surface area (Å²) < 4.78 is 5.38. The van der Waals surface area contributed by atoms with Gasteiger partial charge < -0.3 is 15.0 Å². The molecule has 1 aliphatic carbocycles. The van der Waals surface area contributed by atoms with Gasteiger partial charge in [0.1, 0.15) is 0 Å². The zero-order valence-electron chi connectivity index (χ0n) is 10.4. The molecule has 1 aliphatic heterocycles. The van der Waals surface area contributed by atoms with E-state index in [0.717, 1.165) is 31.5 Å². The highest BCUT2D eigenvalue weighted by molar-refractivity contribution is 5.81. The first-order valence-electron chi connectivity index (χ1n) is 6.32. The van der Waals surface area contributed by atoms with Crippen LogP contribution in [-0.2, 0) is 4.74 Å². The summed E-state index contributed by atoms with van der Waals surface area (Å²) in [5.74, 6) is 1.87. The molecular formula is C12H23N3O. The molecule has 92 valence electrons. The number of methoxy groups -OCH3 is 1. The fourth-order valence-electron chi connectivity index (χ4n) is 2.53. The van der Waals surface area contributed by atoms with Crippen LogP contribution in [0.15, 0.2) is 4.99 Å². The summed E-state index contributed by atoms with van der Waals surface area (Å²) in [6, 6.07) is 0. The minimum Gasteiger partial charge on any atom is -0.381 e. The van der Waals surface area contributed by atoms with E-state index in [-0.39, 0.29) is 0 Å². The predicted molar refractivity (Wildman–Crippen MR) is 65.7 cm³/mol. The Morgan fingerprint density at radius 3 is 2.69 bits per heavy atom. The summed E-state index contributed by atoms with van der Waals surface area (Å²) in [6.45, 7) is 3.06. The number of ether oxygens (including phenoxy) is 1. The van der Waals surface area contributed by atoms with Crippen molar-refractivity contribution in [1.82, 2.24) is 10.2 Å². The van der Waals surface area contributed by atoms with Crippen LogP contribution in [0.2, 0.25) is 0 Å². The monoisotopic (exact) mass is 225 g/mol. The van der Waals surface area contributed by atoms with Gasteiger partial charge in [0.15, 0.2) is 5.96 Å². The topological polar surface area (TPSA) is 36.9 Å². The molecule has 0 bridgehead atoms. The molecule has 0 saturated heterocycles. The average Bonchev–Trinajstić information content (AvgIpc) is 2.73. The average molecular weight is 225 g/mol. The van der Waals surface area contributed by atoms with Crippen LogP contribution in [0.4, 0.5) is 0 Å². The molecule has 1 fully saturated rings. The zero-order valence-corrected chi connectivity index (χ0v) is 10.4. The molecule has 1 N–H and O–H groups in total. The number of guanidine groups is 1. The molecule has 2 aliphatic rings. The summed E-state index contributed by atoms with van der Waals surface area (Å²) >= 11 is 0. The van der Waals surface area contributed by atoms with Crippen molar-refractivity contribution in [2.45, 2.75) is 31.8 Å². The van der Waals surface area contributed by atoms with Crippen molar-refractivity contribution in [3.63, 3.8) is 0 Å². The fraction of sp³-hybridized carbons (Fsp3) is 0.917. The number of nitrogens with zero attached hydrogens (tertiary/aromatic N) is 2. The van der Waals surface area contributed by atoms with Gasteiger partial charge >= 0.3 is 0 Å². The van der Waals surface area contributed by atoms with Gasteiger partial charge in [-0.15, -0.1) is 0 Å². The highest BCUT2D eigenvalue weighted by atomic mass is 16.5. The van der Waals surface area contributed by atoms with Crippen LogP contribution in [0, 0.1) is 5.92 Å². The van der Waals surface area contributed by atoms with Gasteiger partial charge in [0.25, 0.3) is 0 Å². The SMILES string of the molecule is COC1CCC(CNC2=NCCN2C)CC1. The Kier molecular flexibility index (Phi) is 4.04. The van der Waals surface area contributed by atoms with Crippen LogP contribution in [0.5, 0.6) is 0 Å². The molecule has 0 radical (unpaired) electrons. The largest absolute Gasteiger partial charge is 0.381 e. The highest BCUT2D eigenvalue weighted by Crippen LogP contribution is 2.25. The van der Waals surface area contributed by atoms with E-state index in [0.29, 0.717) is 6.10 Å². The minimum absolute atomic E-state index is 0.503. The van der Waals surface area contributed by atoms with E-state index in [1.54, 1.807) is 0 Å². The van der Waals surface area contributed by atoms with Gasteiger partial charge in [-0.1, -0.05) is 0 Å². The molecule has 0 aromatic heterocycles. The summed E-state index contributed by atoms with van der Waals surface area (Å²) in [7, 11) is 3.92. The Labute approximate surface area is 98.1 Å². The lowest BCUT2D eigenvalue weighted by molar-refractivity contribution is 0.0573. The van der Waals surface area contributed by atoms with Crippen molar-refractivity contribution in [3.8, 4) is 0 Å². The number of hydrogen-bond donors (Lipinski definition) is 1. The summed E-state index contributed by atoms with van der Waals surface area (Å²) in [6.07, 6.45) is 5.49. The quantitative estimate of drug-likeness (QED) is 0.781. The molecule has 0 amide bonds. The van der Waals surface area contributed by atoms with Crippen LogP contribution < -0.4 is 5.32 Å². The van der Waals surface area contributed by atoms with Gasteiger partial charge in [-0.2, -0.15) is 0 Å². The molecule has 4 nitrogen and oxygen atoms in total. The maximum absolute atomic E-state index is 5.38. The summed E-state index contributed by atoms with van der Waals surface area (Å²) in [5, 5.41) is 3.47. The Bertz CT molecular complexity index is 247. The smallest absolute Gasteiger partial charge is 0.193 e. The van der Waals surface area contributed by atoms with Gasteiger partial charge in [-0.3, -0.25) is 4.99 Å². The third kappa shape index (κ3) is 2.88. The zero-order chi connectivity index (χ0) is 11.4. The molecule has 2 rings (SSSR count). The molecule has 0 spiro atoms. The van der Waals surface area contributed by atoms with Crippen LogP contribution >= 0.6 is 0 Å². The lowest BCUT2D eigenvalue weighted by Crippen LogP contribution is -2.39. The van der Waals surface area contributed by atoms with Crippen LogP contribution in [0.25, 0.3) is 0 Å². The molecule has 0 aromatic rings. The number of aliphatic imine (C=N–C) groups is 1. The van der Waals surface area contributed by atoms with E-state index in [1.807, 2.05) is 7.11 Å². The Hall–Kier alpha value is -0.770. The lowest BCUT2D eigenvalue weighted by Gasteiger charge is -2.28. The van der Waals surface area contributed by atoms with Crippen molar-refractivity contribution in [1.29, 1.82) is 0 Å². The molecule has 1 heterocycles. The maximum atomic E-state index is 5.38. The van der Waals surface area contributed by atoms with E-state index in [4.69, 9.17) is 4.74 Å². The normalized spacial score (nSPS) is 30.4. The Balaban J connectivity index is 1.67. The predicted octanol–water partition coefficient (Wildman–Crippen LogP) is 1.08. The van der Waals surface area contributed by atoms with Gasteiger partial charge in [-0.25, -0.2) is 0 Å². The van der Waals surface area contributed by atoms with E-state index in [9.17, 15) is 0 Å². The number of nitrogens with one attached hydrogen (secondary N) is 1. The van der Waals surface area contributed by atoms with Crippen molar-refractivity contribution in [3.05, 3.63) is 0 Å². The van der Waals surface area contributed by atoms with Crippen molar-refractivity contribution in [2.75, 3.05) is 33.8 Å². The first-order chi connectivity index (χ1) is 7.79. The molecular weight excluding hydrogens is 202 g/mol. The maximum Gasteiger partial charge on any atom is 0.193 e. The number of rotatable bonds is 3. The Morgan fingerprint density at radius 1 is 1.38 bits per heavy atom. The van der Waals surface area contributed by atoms with Crippen LogP contribution in [0.1, 0.15) is 25.7 Å². The third-order valence-electron chi connectivity index (χ3n) is 3.73. The van der Waals surface area contributed by atoms with Crippen LogP contribution in [0.3, 0.4) is 0 Å². The first kappa shape index (κ1) is 11.7. The first-order valence-corrected chi connectivity index (χ1v) is 6.32. The molecule has 0 aromatic carbocycles. The van der Waals surface area contributed by atoms with Gasteiger partial charge in [-0.05, 0) is 31.6 Å². The second-order valence-corrected chi connectivity index (χ2v) is 4.89. The van der Waals surface area contributed by atoms with E-state index >= 15 is 0 Å². The minimum atomic E-state index is 0.503. The van der Waals surface area contributed by atoms with Gasteiger partial charge in [0, 0.05) is 27.2 Å². The van der Waals surface area contributed by atoms with Crippen LogP contribution in [-0.4, -0.2) is 50.8 Å². The summed E-state index contributed by atoms with van der Waals surface area (Å²) in [5.41, 5.74) is 0. The fourth-order valence-corrected chi connectivity index (χ4v) is 2.53. The summed E-state index contributed by atoms with van der Waals surface area (Å²) in [4.78, 5) is 6.63. The van der Waals surface area contributed by atoms with Crippen molar-refractivity contribution >= 4 is 5.96 Å². The van der Waals surface area contributed by atoms with Gasteiger partial charge in [0.2, 0.25) is 0 Å².